The van der Waals surface area contributed by atoms with Gasteiger partial charge in [-0.2, -0.15) is 0 Å². The Labute approximate surface area is 198 Å². The molecule has 5 heteroatoms. The van der Waals surface area contributed by atoms with E-state index < -0.39 is 0 Å². The number of para-hydroxylation sites is 2. The quantitative estimate of drug-likeness (QED) is 0.261. The molecule has 1 heterocycles. The smallest absolute Gasteiger partial charge is 0.148 e. The largest absolute Gasteiger partial charge is 0.492 e. The minimum Gasteiger partial charge on any atom is -0.492 e. The minimum absolute atomic E-state index is 0.381. The molecular weight excluding hydrogens is 432 g/mol. The van der Waals surface area contributed by atoms with Crippen LogP contribution >= 0.6 is 11.6 Å². The van der Waals surface area contributed by atoms with Crippen LogP contribution < -0.4 is 9.47 Å². The van der Waals surface area contributed by atoms with Crippen molar-refractivity contribution in [2.24, 2.45) is 0 Å². The molecule has 0 saturated carbocycles. The molecule has 0 aliphatic heterocycles. The maximum atomic E-state index is 6.29. The number of hydrogen-bond donors (Lipinski definition) is 0. The second-order valence-electron chi connectivity index (χ2n) is 8.19. The van der Waals surface area contributed by atoms with Crippen LogP contribution in [-0.2, 0) is 13.2 Å². The second kappa shape index (κ2) is 9.16. The molecular formula is C28H25ClN2O2. The van der Waals surface area contributed by atoms with Crippen LogP contribution in [0.5, 0.6) is 11.5 Å². The molecule has 166 valence electrons. The van der Waals surface area contributed by atoms with Crippen LogP contribution in [0.2, 0.25) is 5.02 Å². The molecule has 0 radical (unpaired) electrons. The fraction of sp³-hybridized carbons (Fsp3) is 0.179. The lowest BCUT2D eigenvalue weighted by atomic mass is 10.1. The Morgan fingerprint density at radius 2 is 1.52 bits per heavy atom. The van der Waals surface area contributed by atoms with E-state index in [0.29, 0.717) is 19.8 Å². The van der Waals surface area contributed by atoms with Gasteiger partial charge in [0.15, 0.2) is 0 Å². The Morgan fingerprint density at radius 1 is 0.788 bits per heavy atom. The highest BCUT2D eigenvalue weighted by Gasteiger charge is 2.12. The number of hydrogen-bond acceptors (Lipinski definition) is 3. The highest BCUT2D eigenvalue weighted by atomic mass is 35.5. The summed E-state index contributed by atoms with van der Waals surface area (Å²) in [5.41, 5.74) is 4.06. The Bertz CT molecular complexity index is 1420. The van der Waals surface area contributed by atoms with Crippen molar-refractivity contribution in [2.45, 2.75) is 27.0 Å². The molecule has 0 bridgehead atoms. The molecule has 0 amide bonds. The maximum Gasteiger partial charge on any atom is 0.148 e. The number of imidazole rings is 1. The van der Waals surface area contributed by atoms with E-state index in [9.17, 15) is 0 Å². The molecule has 0 N–H and O–H groups in total. The molecule has 0 spiro atoms. The van der Waals surface area contributed by atoms with Gasteiger partial charge in [0, 0.05) is 5.02 Å². The van der Waals surface area contributed by atoms with E-state index in [1.807, 2.05) is 62.4 Å². The zero-order valence-electron chi connectivity index (χ0n) is 18.7. The first-order chi connectivity index (χ1) is 16.1. The van der Waals surface area contributed by atoms with E-state index >= 15 is 0 Å². The van der Waals surface area contributed by atoms with Crippen molar-refractivity contribution in [2.75, 3.05) is 6.61 Å². The van der Waals surface area contributed by atoms with Gasteiger partial charge >= 0.3 is 0 Å². The van der Waals surface area contributed by atoms with E-state index in [4.69, 9.17) is 26.1 Å². The summed E-state index contributed by atoms with van der Waals surface area (Å²) in [7, 11) is 0. The summed E-state index contributed by atoms with van der Waals surface area (Å²) < 4.78 is 14.4. The highest BCUT2D eigenvalue weighted by Crippen LogP contribution is 2.26. The number of nitrogens with zero attached hydrogens (tertiary/aromatic N) is 2. The zero-order valence-corrected chi connectivity index (χ0v) is 19.5. The number of benzene rings is 4. The number of fused-ring (bicyclic) bond motifs is 2. The van der Waals surface area contributed by atoms with Gasteiger partial charge in [-0.3, -0.25) is 0 Å². The summed E-state index contributed by atoms with van der Waals surface area (Å²) in [5.74, 6) is 2.53. The van der Waals surface area contributed by atoms with Gasteiger partial charge in [-0.25, -0.2) is 4.98 Å². The van der Waals surface area contributed by atoms with Gasteiger partial charge in [0.1, 0.15) is 30.5 Å². The average Bonchev–Trinajstić information content (AvgIpc) is 3.18. The van der Waals surface area contributed by atoms with Gasteiger partial charge in [0.2, 0.25) is 0 Å². The molecule has 0 saturated heterocycles. The lowest BCUT2D eigenvalue weighted by Gasteiger charge is -2.13. The molecule has 0 aliphatic rings. The molecule has 33 heavy (non-hydrogen) atoms. The minimum atomic E-state index is 0.381. The summed E-state index contributed by atoms with van der Waals surface area (Å²) in [6.07, 6.45) is 0. The van der Waals surface area contributed by atoms with E-state index in [2.05, 4.69) is 34.9 Å². The topological polar surface area (TPSA) is 36.3 Å². The van der Waals surface area contributed by atoms with E-state index in [0.717, 1.165) is 49.9 Å². The average molecular weight is 457 g/mol. The zero-order chi connectivity index (χ0) is 22.8. The molecule has 5 aromatic rings. The number of ether oxygens (including phenoxy) is 2. The lowest BCUT2D eigenvalue weighted by molar-refractivity contribution is 0.272. The lowest BCUT2D eigenvalue weighted by Crippen LogP contribution is -2.13. The Hall–Kier alpha value is -3.50. The fourth-order valence-electron chi connectivity index (χ4n) is 4.13. The third-order valence-electron chi connectivity index (χ3n) is 5.82. The molecule has 0 aliphatic carbocycles. The van der Waals surface area contributed by atoms with Gasteiger partial charge in [0.25, 0.3) is 0 Å². The van der Waals surface area contributed by atoms with Crippen molar-refractivity contribution in [1.29, 1.82) is 0 Å². The summed E-state index contributed by atoms with van der Waals surface area (Å²) in [5, 5.41) is 3.14. The van der Waals surface area contributed by atoms with Gasteiger partial charge < -0.3 is 14.0 Å². The Balaban J connectivity index is 1.34. The Kier molecular flexibility index (Phi) is 5.93. The van der Waals surface area contributed by atoms with Crippen LogP contribution in [0.4, 0.5) is 0 Å². The van der Waals surface area contributed by atoms with Gasteiger partial charge in [-0.1, -0.05) is 54.1 Å². The van der Waals surface area contributed by atoms with Crippen LogP contribution in [0.15, 0.2) is 78.9 Å². The third kappa shape index (κ3) is 4.53. The number of aromatic nitrogens is 2. The van der Waals surface area contributed by atoms with Crippen molar-refractivity contribution in [3.8, 4) is 11.5 Å². The van der Waals surface area contributed by atoms with Crippen LogP contribution in [0, 0.1) is 13.8 Å². The van der Waals surface area contributed by atoms with Crippen molar-refractivity contribution in [1.82, 2.24) is 9.55 Å². The van der Waals surface area contributed by atoms with E-state index in [1.165, 1.54) is 5.39 Å². The van der Waals surface area contributed by atoms with Crippen LogP contribution in [-0.4, -0.2) is 16.2 Å². The number of halogens is 1. The van der Waals surface area contributed by atoms with Crippen LogP contribution in [0.3, 0.4) is 0 Å². The third-order valence-corrected chi connectivity index (χ3v) is 6.41. The predicted octanol–water partition coefficient (Wildman–Crippen LogP) is 7.12. The summed E-state index contributed by atoms with van der Waals surface area (Å²) >= 11 is 6.29. The first-order valence-electron chi connectivity index (χ1n) is 11.0. The number of aryl methyl sites for hydroxylation is 2. The van der Waals surface area contributed by atoms with Crippen LogP contribution in [0.1, 0.15) is 17.0 Å². The van der Waals surface area contributed by atoms with Crippen molar-refractivity contribution in [3.05, 3.63) is 101 Å². The fourth-order valence-corrected chi connectivity index (χ4v) is 4.24. The predicted molar refractivity (Wildman–Crippen MR) is 134 cm³/mol. The van der Waals surface area contributed by atoms with E-state index in [1.54, 1.807) is 0 Å². The molecule has 4 aromatic carbocycles. The number of rotatable bonds is 7. The first kappa shape index (κ1) is 21.4. The standard InChI is InChI=1S/C28H25ClN2O2/c1-19-15-24(16-20(2)28(19)29)32-14-13-31-26-10-6-5-9-25(26)30-27(31)18-33-23-12-11-21-7-3-4-8-22(21)17-23/h3-12,15-17H,13-14,18H2,1-2H3. The molecule has 4 nitrogen and oxygen atoms in total. The van der Waals surface area contributed by atoms with Gasteiger partial charge in [-0.05, 0) is 72.1 Å². The molecule has 1 aromatic heterocycles. The van der Waals surface area contributed by atoms with Gasteiger partial charge in [0.05, 0.1) is 17.6 Å². The van der Waals surface area contributed by atoms with E-state index in [-0.39, 0.29) is 0 Å². The summed E-state index contributed by atoms with van der Waals surface area (Å²) in [4.78, 5) is 4.82. The van der Waals surface area contributed by atoms with Crippen molar-refractivity contribution < 1.29 is 9.47 Å². The first-order valence-corrected chi connectivity index (χ1v) is 11.4. The highest BCUT2D eigenvalue weighted by molar-refractivity contribution is 6.32. The monoisotopic (exact) mass is 456 g/mol. The maximum absolute atomic E-state index is 6.29. The van der Waals surface area contributed by atoms with Crippen LogP contribution in [0.25, 0.3) is 21.8 Å². The molecule has 0 fully saturated rings. The molecule has 0 atom stereocenters. The molecule has 5 rings (SSSR count). The SMILES string of the molecule is Cc1cc(OCCn2c(COc3ccc4ccccc4c3)nc3ccccc32)cc(C)c1Cl. The normalized spacial score (nSPS) is 11.2. The Morgan fingerprint density at radius 3 is 2.33 bits per heavy atom. The summed E-state index contributed by atoms with van der Waals surface area (Å²) in [6, 6.07) is 26.5. The summed E-state index contributed by atoms with van der Waals surface area (Å²) in [6.45, 7) is 5.55. The van der Waals surface area contributed by atoms with Gasteiger partial charge in [-0.15, -0.1) is 0 Å². The molecule has 0 unspecified atom stereocenters. The van der Waals surface area contributed by atoms with Crippen molar-refractivity contribution in [3.63, 3.8) is 0 Å². The van der Waals surface area contributed by atoms with Crippen molar-refractivity contribution >= 4 is 33.4 Å². The second-order valence-corrected chi connectivity index (χ2v) is 8.56.